The zero-order valence-electron chi connectivity index (χ0n) is 8.54. The Bertz CT molecular complexity index is 325. The minimum absolute atomic E-state index is 0.628. The number of hydrogen-bond acceptors (Lipinski definition) is 2. The molecule has 1 atom stereocenters. The Hall–Kier alpha value is -0.990. The summed E-state index contributed by atoms with van der Waals surface area (Å²) in [6, 6.07) is 0. The molecule has 0 bridgehead atoms. The summed E-state index contributed by atoms with van der Waals surface area (Å²) in [6.07, 6.45) is 2.32. The lowest BCUT2D eigenvalue weighted by molar-refractivity contribution is 0.493. The Morgan fingerprint density at radius 2 is 2.23 bits per heavy atom. The molecule has 2 rings (SSSR count). The van der Waals surface area contributed by atoms with E-state index in [1.807, 2.05) is 7.05 Å². The third kappa shape index (κ3) is 1.14. The molecule has 0 spiro atoms. The summed E-state index contributed by atoms with van der Waals surface area (Å²) in [5, 5.41) is 4.42. The van der Waals surface area contributed by atoms with Gasteiger partial charge in [-0.1, -0.05) is 13.8 Å². The summed E-state index contributed by atoms with van der Waals surface area (Å²) in [7, 11) is 1.92. The van der Waals surface area contributed by atoms with Crippen LogP contribution in [-0.2, 0) is 13.5 Å². The third-order valence-electron chi connectivity index (χ3n) is 3.07. The van der Waals surface area contributed by atoms with E-state index in [4.69, 9.17) is 5.73 Å². The molecule has 0 aromatic carbocycles. The van der Waals surface area contributed by atoms with Gasteiger partial charge in [0.25, 0.3) is 0 Å². The van der Waals surface area contributed by atoms with Gasteiger partial charge in [-0.05, 0) is 24.7 Å². The molecule has 0 saturated carbocycles. The minimum atomic E-state index is 0.628. The summed E-state index contributed by atoms with van der Waals surface area (Å²) in [5.74, 6) is 2.17. The number of fused-ring (bicyclic) bond motifs is 1. The molecular weight excluding hydrogens is 162 g/mol. The minimum Gasteiger partial charge on any atom is -0.384 e. The highest BCUT2D eigenvalue weighted by atomic mass is 15.3. The standard InChI is InChI=1S/C10H17N3/c1-6(2)7-4-5-8-9(7)10(11)13(3)12-8/h6-7H,4-5,11H2,1-3H3. The van der Waals surface area contributed by atoms with Crippen LogP contribution in [-0.4, -0.2) is 9.78 Å². The van der Waals surface area contributed by atoms with E-state index in [-0.39, 0.29) is 0 Å². The molecule has 3 heteroatoms. The van der Waals surface area contributed by atoms with Crippen LogP contribution in [0, 0.1) is 5.92 Å². The van der Waals surface area contributed by atoms with Crippen LogP contribution < -0.4 is 5.73 Å². The highest BCUT2D eigenvalue weighted by Crippen LogP contribution is 2.40. The fraction of sp³-hybridized carbons (Fsp3) is 0.700. The van der Waals surface area contributed by atoms with E-state index in [0.717, 1.165) is 12.2 Å². The molecule has 3 nitrogen and oxygen atoms in total. The van der Waals surface area contributed by atoms with Crippen molar-refractivity contribution in [3.8, 4) is 0 Å². The number of hydrogen-bond donors (Lipinski definition) is 1. The largest absolute Gasteiger partial charge is 0.384 e. The van der Waals surface area contributed by atoms with E-state index >= 15 is 0 Å². The maximum atomic E-state index is 5.98. The predicted molar refractivity (Wildman–Crippen MR) is 53.5 cm³/mol. The van der Waals surface area contributed by atoms with Crippen molar-refractivity contribution in [2.45, 2.75) is 32.6 Å². The number of aromatic nitrogens is 2. The summed E-state index contributed by atoms with van der Waals surface area (Å²) in [5.41, 5.74) is 8.52. The van der Waals surface area contributed by atoms with Crippen LogP contribution in [0.25, 0.3) is 0 Å². The van der Waals surface area contributed by atoms with Crippen molar-refractivity contribution in [1.82, 2.24) is 9.78 Å². The second-order valence-corrected chi connectivity index (χ2v) is 4.26. The molecule has 1 unspecified atom stereocenters. The van der Waals surface area contributed by atoms with Crippen molar-refractivity contribution in [2.75, 3.05) is 5.73 Å². The van der Waals surface area contributed by atoms with Crippen molar-refractivity contribution < 1.29 is 0 Å². The number of nitrogens with zero attached hydrogens (tertiary/aromatic N) is 2. The van der Waals surface area contributed by atoms with Crippen LogP contribution in [0.3, 0.4) is 0 Å². The van der Waals surface area contributed by atoms with Crippen LogP contribution in [0.4, 0.5) is 5.82 Å². The lowest BCUT2D eigenvalue weighted by Gasteiger charge is -2.15. The summed E-state index contributed by atoms with van der Waals surface area (Å²) in [6.45, 7) is 4.51. The molecule has 1 aromatic heterocycles. The summed E-state index contributed by atoms with van der Waals surface area (Å²) >= 11 is 0. The highest BCUT2D eigenvalue weighted by molar-refractivity contribution is 5.48. The fourth-order valence-corrected chi connectivity index (χ4v) is 2.30. The van der Waals surface area contributed by atoms with Gasteiger partial charge in [-0.15, -0.1) is 0 Å². The second-order valence-electron chi connectivity index (χ2n) is 4.26. The van der Waals surface area contributed by atoms with Gasteiger partial charge in [-0.25, -0.2) is 0 Å². The SMILES string of the molecule is CC(C)C1CCc2nn(C)c(N)c21. The first-order chi connectivity index (χ1) is 6.11. The Morgan fingerprint density at radius 1 is 1.54 bits per heavy atom. The molecule has 0 fully saturated rings. The van der Waals surface area contributed by atoms with Gasteiger partial charge in [0.2, 0.25) is 0 Å². The van der Waals surface area contributed by atoms with Crippen LogP contribution in [0.15, 0.2) is 0 Å². The Morgan fingerprint density at radius 3 is 2.85 bits per heavy atom. The number of nitrogen functional groups attached to an aromatic ring is 1. The van der Waals surface area contributed by atoms with Gasteiger partial charge >= 0.3 is 0 Å². The van der Waals surface area contributed by atoms with Crippen molar-refractivity contribution in [3.05, 3.63) is 11.3 Å². The van der Waals surface area contributed by atoms with Gasteiger partial charge < -0.3 is 5.73 Å². The van der Waals surface area contributed by atoms with Crippen molar-refractivity contribution in [1.29, 1.82) is 0 Å². The van der Waals surface area contributed by atoms with Crippen LogP contribution >= 0.6 is 0 Å². The average Bonchev–Trinajstić information content (AvgIpc) is 2.55. The highest BCUT2D eigenvalue weighted by Gasteiger charge is 2.30. The van der Waals surface area contributed by atoms with Gasteiger partial charge in [0.15, 0.2) is 0 Å². The first-order valence-electron chi connectivity index (χ1n) is 4.92. The number of anilines is 1. The molecule has 0 amide bonds. The van der Waals surface area contributed by atoms with Gasteiger partial charge in [-0.3, -0.25) is 4.68 Å². The topological polar surface area (TPSA) is 43.8 Å². The molecule has 1 heterocycles. The van der Waals surface area contributed by atoms with Gasteiger partial charge in [0, 0.05) is 12.6 Å². The predicted octanol–water partition coefficient (Wildman–Crippen LogP) is 1.69. The van der Waals surface area contributed by atoms with Crippen LogP contribution in [0.1, 0.15) is 37.4 Å². The molecule has 0 radical (unpaired) electrons. The Kier molecular flexibility index (Phi) is 1.82. The normalized spacial score (nSPS) is 21.1. The maximum Gasteiger partial charge on any atom is 0.125 e. The van der Waals surface area contributed by atoms with Gasteiger partial charge in [0.1, 0.15) is 5.82 Å². The number of rotatable bonds is 1. The van der Waals surface area contributed by atoms with E-state index in [0.29, 0.717) is 11.8 Å². The van der Waals surface area contributed by atoms with E-state index in [2.05, 4.69) is 18.9 Å². The lowest BCUT2D eigenvalue weighted by Crippen LogP contribution is -2.07. The van der Waals surface area contributed by atoms with Crippen molar-refractivity contribution in [3.63, 3.8) is 0 Å². The molecule has 72 valence electrons. The molecule has 0 aliphatic heterocycles. The Labute approximate surface area is 78.9 Å². The number of aryl methyl sites for hydroxylation is 2. The van der Waals surface area contributed by atoms with Crippen LogP contribution in [0.5, 0.6) is 0 Å². The van der Waals surface area contributed by atoms with E-state index in [1.165, 1.54) is 17.7 Å². The van der Waals surface area contributed by atoms with Crippen molar-refractivity contribution in [2.24, 2.45) is 13.0 Å². The molecular formula is C10H17N3. The smallest absolute Gasteiger partial charge is 0.125 e. The zero-order valence-corrected chi connectivity index (χ0v) is 8.54. The molecule has 1 aliphatic rings. The quantitative estimate of drug-likeness (QED) is 0.713. The Balaban J connectivity index is 2.45. The van der Waals surface area contributed by atoms with Crippen molar-refractivity contribution >= 4 is 5.82 Å². The molecule has 2 N–H and O–H groups in total. The lowest BCUT2D eigenvalue weighted by atomic mass is 9.91. The summed E-state index contributed by atoms with van der Waals surface area (Å²) < 4.78 is 1.80. The first-order valence-corrected chi connectivity index (χ1v) is 4.92. The van der Waals surface area contributed by atoms with Gasteiger partial charge in [0.05, 0.1) is 5.69 Å². The van der Waals surface area contributed by atoms with E-state index in [9.17, 15) is 0 Å². The average molecular weight is 179 g/mol. The molecule has 1 aromatic rings. The third-order valence-corrected chi connectivity index (χ3v) is 3.07. The fourth-order valence-electron chi connectivity index (χ4n) is 2.30. The second kappa shape index (κ2) is 2.76. The maximum absolute atomic E-state index is 5.98. The zero-order chi connectivity index (χ0) is 9.59. The van der Waals surface area contributed by atoms with Gasteiger partial charge in [-0.2, -0.15) is 5.10 Å². The van der Waals surface area contributed by atoms with E-state index in [1.54, 1.807) is 4.68 Å². The molecule has 13 heavy (non-hydrogen) atoms. The monoisotopic (exact) mass is 179 g/mol. The first kappa shape index (κ1) is 8.60. The van der Waals surface area contributed by atoms with Crippen LogP contribution in [0.2, 0.25) is 0 Å². The van der Waals surface area contributed by atoms with E-state index < -0.39 is 0 Å². The molecule has 1 aliphatic carbocycles. The number of nitrogens with two attached hydrogens (primary N) is 1. The summed E-state index contributed by atoms with van der Waals surface area (Å²) in [4.78, 5) is 0. The molecule has 0 saturated heterocycles.